The maximum atomic E-state index is 13.1. The fourth-order valence-electron chi connectivity index (χ4n) is 2.98. The number of carbonyl (C=O) groups excluding carboxylic acids is 1. The monoisotopic (exact) mass is 407 g/mol. The largest absolute Gasteiger partial charge is 0.465 e. The second kappa shape index (κ2) is 8.93. The molecule has 0 aliphatic carbocycles. The van der Waals surface area contributed by atoms with Crippen molar-refractivity contribution >= 4 is 28.6 Å². The van der Waals surface area contributed by atoms with Crippen LogP contribution in [0.1, 0.15) is 35.3 Å². The summed E-state index contributed by atoms with van der Waals surface area (Å²) in [4.78, 5) is 29.6. The molecule has 0 fully saturated rings. The van der Waals surface area contributed by atoms with Gasteiger partial charge in [0.1, 0.15) is 0 Å². The summed E-state index contributed by atoms with van der Waals surface area (Å²) in [5, 5.41) is 10.3. The molecular weight excluding hydrogens is 386 g/mol. The van der Waals surface area contributed by atoms with Crippen LogP contribution in [0.4, 0.5) is 0 Å². The Kier molecular flexibility index (Phi) is 6.35. The van der Waals surface area contributed by atoms with Crippen LogP contribution >= 0.6 is 11.8 Å². The van der Waals surface area contributed by atoms with Crippen LogP contribution in [0.25, 0.3) is 10.9 Å². The van der Waals surface area contributed by atoms with Crippen LogP contribution in [0.15, 0.2) is 52.4 Å². The van der Waals surface area contributed by atoms with Crippen molar-refractivity contribution in [1.29, 1.82) is 5.26 Å². The molecule has 7 heteroatoms. The van der Waals surface area contributed by atoms with E-state index in [0.29, 0.717) is 39.5 Å². The van der Waals surface area contributed by atoms with Gasteiger partial charge in [0.2, 0.25) is 0 Å². The molecule has 0 aliphatic heterocycles. The molecule has 0 unspecified atom stereocenters. The van der Waals surface area contributed by atoms with Gasteiger partial charge in [0, 0.05) is 12.3 Å². The number of nitriles is 1. The maximum absolute atomic E-state index is 13.1. The second-order valence-corrected chi connectivity index (χ2v) is 7.93. The number of carbonyl (C=O) groups is 1. The third-order valence-corrected chi connectivity index (χ3v) is 5.41. The van der Waals surface area contributed by atoms with Crippen LogP contribution < -0.4 is 5.56 Å². The van der Waals surface area contributed by atoms with Gasteiger partial charge in [0.25, 0.3) is 5.56 Å². The van der Waals surface area contributed by atoms with E-state index in [1.54, 1.807) is 28.8 Å². The first-order valence-electron chi connectivity index (χ1n) is 9.18. The summed E-state index contributed by atoms with van der Waals surface area (Å²) in [5.41, 5.74) is 2.14. The first kappa shape index (κ1) is 20.6. The highest BCUT2D eigenvalue weighted by Crippen LogP contribution is 2.25. The van der Waals surface area contributed by atoms with E-state index in [2.05, 4.69) is 11.1 Å². The van der Waals surface area contributed by atoms with Crippen molar-refractivity contribution in [3.8, 4) is 6.07 Å². The number of ether oxygens (including phenoxy) is 1. The number of fused-ring (bicyclic) bond motifs is 1. The van der Waals surface area contributed by atoms with E-state index in [4.69, 9.17) is 4.74 Å². The van der Waals surface area contributed by atoms with Gasteiger partial charge in [-0.05, 0) is 35.7 Å². The lowest BCUT2D eigenvalue weighted by Gasteiger charge is -2.15. The predicted octanol–water partition coefficient (Wildman–Crippen LogP) is 4.00. The van der Waals surface area contributed by atoms with Gasteiger partial charge in [-0.2, -0.15) is 5.26 Å². The fourth-order valence-corrected chi connectivity index (χ4v) is 3.99. The first-order chi connectivity index (χ1) is 13.9. The number of hydrogen-bond acceptors (Lipinski definition) is 6. The SMILES string of the molecule is COC(=O)c1ccc2c(=O)n(CC(C)C)c(SCc3ccccc3C#N)nc2c1. The van der Waals surface area contributed by atoms with Crippen LogP contribution in [0.5, 0.6) is 0 Å². The highest BCUT2D eigenvalue weighted by atomic mass is 32.2. The quantitative estimate of drug-likeness (QED) is 0.349. The second-order valence-electron chi connectivity index (χ2n) is 6.99. The van der Waals surface area contributed by atoms with Gasteiger partial charge >= 0.3 is 5.97 Å². The van der Waals surface area contributed by atoms with Crippen molar-refractivity contribution < 1.29 is 9.53 Å². The van der Waals surface area contributed by atoms with Crippen molar-refractivity contribution in [2.45, 2.75) is 31.3 Å². The van der Waals surface area contributed by atoms with Crippen LogP contribution in [-0.2, 0) is 17.0 Å². The summed E-state index contributed by atoms with van der Waals surface area (Å²) < 4.78 is 6.44. The van der Waals surface area contributed by atoms with E-state index in [9.17, 15) is 14.9 Å². The number of esters is 1. The Morgan fingerprint density at radius 1 is 1.28 bits per heavy atom. The van der Waals surface area contributed by atoms with Gasteiger partial charge in [-0.25, -0.2) is 9.78 Å². The molecule has 0 amide bonds. The highest BCUT2D eigenvalue weighted by Gasteiger charge is 2.16. The Morgan fingerprint density at radius 3 is 2.72 bits per heavy atom. The molecular formula is C22H21N3O3S. The molecule has 1 heterocycles. The van der Waals surface area contributed by atoms with Gasteiger partial charge in [0.05, 0.1) is 35.2 Å². The Bertz CT molecular complexity index is 1160. The van der Waals surface area contributed by atoms with E-state index < -0.39 is 5.97 Å². The Balaban J connectivity index is 2.08. The molecule has 6 nitrogen and oxygen atoms in total. The molecule has 148 valence electrons. The molecule has 2 aromatic carbocycles. The Labute approximate surface area is 173 Å². The predicted molar refractivity (Wildman–Crippen MR) is 113 cm³/mol. The molecule has 0 aliphatic rings. The molecule has 29 heavy (non-hydrogen) atoms. The number of methoxy groups -OCH3 is 1. The number of aromatic nitrogens is 2. The average Bonchev–Trinajstić information content (AvgIpc) is 2.73. The number of hydrogen-bond donors (Lipinski definition) is 0. The Hall–Kier alpha value is -3.11. The third-order valence-electron chi connectivity index (χ3n) is 4.38. The summed E-state index contributed by atoms with van der Waals surface area (Å²) in [6.45, 7) is 4.61. The van der Waals surface area contributed by atoms with Gasteiger partial charge in [-0.1, -0.05) is 43.8 Å². The van der Waals surface area contributed by atoms with Gasteiger partial charge < -0.3 is 4.74 Å². The zero-order valence-electron chi connectivity index (χ0n) is 16.5. The normalized spacial score (nSPS) is 10.9. The summed E-state index contributed by atoms with van der Waals surface area (Å²) in [5.74, 6) is 0.292. The lowest BCUT2D eigenvalue weighted by Crippen LogP contribution is -2.25. The van der Waals surface area contributed by atoms with Crippen LogP contribution in [0, 0.1) is 17.2 Å². The molecule has 3 aromatic rings. The standard InChI is InChI=1S/C22H21N3O3S/c1-14(2)12-25-20(26)18-9-8-15(21(27)28-3)10-19(18)24-22(25)29-13-17-7-5-4-6-16(17)11-23/h4-10,14H,12-13H2,1-3H3. The van der Waals surface area contributed by atoms with E-state index in [1.165, 1.54) is 18.9 Å². The topological polar surface area (TPSA) is 85.0 Å². The van der Waals surface area contributed by atoms with E-state index in [-0.39, 0.29) is 11.5 Å². The van der Waals surface area contributed by atoms with Crippen LogP contribution in [-0.4, -0.2) is 22.6 Å². The molecule has 0 atom stereocenters. The Morgan fingerprint density at radius 2 is 2.03 bits per heavy atom. The minimum atomic E-state index is -0.475. The smallest absolute Gasteiger partial charge is 0.337 e. The number of rotatable bonds is 6. The molecule has 3 rings (SSSR count). The van der Waals surface area contributed by atoms with Gasteiger partial charge in [-0.15, -0.1) is 0 Å². The minimum Gasteiger partial charge on any atom is -0.465 e. The summed E-state index contributed by atoms with van der Waals surface area (Å²) in [6.07, 6.45) is 0. The highest BCUT2D eigenvalue weighted by molar-refractivity contribution is 7.98. The average molecular weight is 407 g/mol. The molecule has 0 bridgehead atoms. The van der Waals surface area contributed by atoms with Crippen LogP contribution in [0.3, 0.4) is 0 Å². The van der Waals surface area contributed by atoms with E-state index in [0.717, 1.165) is 5.56 Å². The summed E-state index contributed by atoms with van der Waals surface area (Å²) in [6, 6.07) is 14.3. The molecule has 0 radical (unpaired) electrons. The summed E-state index contributed by atoms with van der Waals surface area (Å²) >= 11 is 1.41. The van der Waals surface area contributed by atoms with Crippen LogP contribution in [0.2, 0.25) is 0 Å². The maximum Gasteiger partial charge on any atom is 0.337 e. The molecule has 0 saturated carbocycles. The van der Waals surface area contributed by atoms with Gasteiger partial charge in [-0.3, -0.25) is 9.36 Å². The molecule has 0 N–H and O–H groups in total. The molecule has 0 saturated heterocycles. The van der Waals surface area contributed by atoms with Crippen molar-refractivity contribution in [1.82, 2.24) is 9.55 Å². The summed E-state index contributed by atoms with van der Waals surface area (Å²) in [7, 11) is 1.31. The van der Waals surface area contributed by atoms with Crippen molar-refractivity contribution in [3.05, 3.63) is 69.5 Å². The number of nitrogens with zero attached hydrogens (tertiary/aromatic N) is 3. The lowest BCUT2D eigenvalue weighted by molar-refractivity contribution is 0.0601. The first-order valence-corrected chi connectivity index (χ1v) is 10.2. The van der Waals surface area contributed by atoms with Crippen molar-refractivity contribution in [2.75, 3.05) is 7.11 Å². The zero-order valence-corrected chi connectivity index (χ0v) is 17.3. The lowest BCUT2D eigenvalue weighted by atomic mass is 10.1. The van der Waals surface area contributed by atoms with Crippen molar-refractivity contribution in [2.24, 2.45) is 5.92 Å². The van der Waals surface area contributed by atoms with E-state index in [1.807, 2.05) is 32.0 Å². The zero-order chi connectivity index (χ0) is 21.0. The van der Waals surface area contributed by atoms with Gasteiger partial charge in [0.15, 0.2) is 5.16 Å². The fraction of sp³-hybridized carbons (Fsp3) is 0.273. The minimum absolute atomic E-state index is 0.142. The van der Waals surface area contributed by atoms with Crippen molar-refractivity contribution in [3.63, 3.8) is 0 Å². The van der Waals surface area contributed by atoms with E-state index >= 15 is 0 Å². The number of benzene rings is 2. The molecule has 0 spiro atoms. The third kappa shape index (κ3) is 4.49. The number of thioether (sulfide) groups is 1. The molecule has 1 aromatic heterocycles.